The Labute approximate surface area is 87.9 Å². The molecular weight excluding hydrogens is 206 g/mol. The van der Waals surface area contributed by atoms with Crippen LogP contribution in [0.2, 0.25) is 0 Å². The Hall–Kier alpha value is -0.630. The lowest BCUT2D eigenvalue weighted by atomic mass is 9.96. The molecule has 0 aromatic heterocycles. The summed E-state index contributed by atoms with van der Waals surface area (Å²) in [5.41, 5.74) is 0.663. The summed E-state index contributed by atoms with van der Waals surface area (Å²) in [6, 6.07) is 3.17. The molecule has 0 heterocycles. The fourth-order valence-corrected chi connectivity index (χ4v) is 1.40. The van der Waals surface area contributed by atoms with Crippen molar-refractivity contribution in [1.29, 1.82) is 0 Å². The normalized spacial score (nSPS) is 15.3. The second kappa shape index (κ2) is 4.26. The molecule has 3 heteroatoms. The third-order valence-corrected chi connectivity index (χ3v) is 2.86. The summed E-state index contributed by atoms with van der Waals surface area (Å²) >= 11 is 5.84. The molecule has 0 fully saturated rings. The standard InChI is InChI=1S/C11H13ClF2/c1-6-4-5-9(7(2)8(3)12)11(14)10(6)13/h4-5,7-8H,1-3H3. The third kappa shape index (κ3) is 2.06. The molecule has 0 aliphatic carbocycles. The van der Waals surface area contributed by atoms with Crippen LogP contribution in [0.5, 0.6) is 0 Å². The molecule has 0 radical (unpaired) electrons. The first-order chi connectivity index (χ1) is 6.45. The Morgan fingerprint density at radius 1 is 1.14 bits per heavy atom. The maximum absolute atomic E-state index is 13.4. The second-order valence-corrected chi connectivity index (χ2v) is 4.25. The van der Waals surface area contributed by atoms with Gasteiger partial charge in [0, 0.05) is 11.3 Å². The van der Waals surface area contributed by atoms with Gasteiger partial charge in [-0.15, -0.1) is 11.6 Å². The Balaban J connectivity index is 3.17. The van der Waals surface area contributed by atoms with Crippen LogP contribution >= 0.6 is 11.6 Å². The largest absolute Gasteiger partial charge is 0.203 e. The van der Waals surface area contributed by atoms with Gasteiger partial charge in [-0.3, -0.25) is 0 Å². The number of rotatable bonds is 2. The molecule has 0 amide bonds. The fraction of sp³-hybridized carbons (Fsp3) is 0.455. The van der Waals surface area contributed by atoms with Crippen molar-refractivity contribution >= 4 is 11.6 Å². The van der Waals surface area contributed by atoms with Crippen LogP contribution in [0, 0.1) is 18.6 Å². The van der Waals surface area contributed by atoms with Gasteiger partial charge in [-0.25, -0.2) is 8.78 Å². The van der Waals surface area contributed by atoms with Gasteiger partial charge in [0.05, 0.1) is 0 Å². The predicted octanol–water partition coefficient (Wildman–Crippen LogP) is 4.00. The van der Waals surface area contributed by atoms with E-state index in [2.05, 4.69) is 0 Å². The number of alkyl halides is 1. The smallest absolute Gasteiger partial charge is 0.162 e. The van der Waals surface area contributed by atoms with E-state index in [0.717, 1.165) is 0 Å². The predicted molar refractivity (Wildman–Crippen MR) is 54.8 cm³/mol. The maximum atomic E-state index is 13.4. The van der Waals surface area contributed by atoms with E-state index in [9.17, 15) is 8.78 Å². The second-order valence-electron chi connectivity index (χ2n) is 3.57. The summed E-state index contributed by atoms with van der Waals surface area (Å²) in [6.45, 7) is 5.09. The van der Waals surface area contributed by atoms with Crippen LogP contribution in [0.1, 0.15) is 30.9 Å². The highest BCUT2D eigenvalue weighted by molar-refractivity contribution is 6.20. The molecule has 0 N–H and O–H groups in total. The monoisotopic (exact) mass is 218 g/mol. The summed E-state index contributed by atoms with van der Waals surface area (Å²) in [5, 5.41) is -0.216. The lowest BCUT2D eigenvalue weighted by molar-refractivity contribution is 0.485. The highest BCUT2D eigenvalue weighted by Crippen LogP contribution is 2.27. The number of benzene rings is 1. The first kappa shape index (κ1) is 11.4. The minimum atomic E-state index is -0.773. The van der Waals surface area contributed by atoms with Crippen LogP contribution in [0.15, 0.2) is 12.1 Å². The van der Waals surface area contributed by atoms with Crippen molar-refractivity contribution in [3.05, 3.63) is 34.9 Å². The zero-order valence-corrected chi connectivity index (χ0v) is 9.20. The van der Waals surface area contributed by atoms with E-state index >= 15 is 0 Å². The van der Waals surface area contributed by atoms with E-state index in [1.54, 1.807) is 26.0 Å². The number of hydrogen-bond donors (Lipinski definition) is 0. The van der Waals surface area contributed by atoms with Gasteiger partial charge in [-0.05, 0) is 25.0 Å². The molecule has 78 valence electrons. The molecule has 0 nitrogen and oxygen atoms in total. The van der Waals surface area contributed by atoms with Crippen LogP contribution in [0.25, 0.3) is 0 Å². The van der Waals surface area contributed by atoms with Crippen molar-refractivity contribution in [2.24, 2.45) is 0 Å². The molecule has 1 aromatic rings. The molecule has 2 unspecified atom stereocenters. The highest BCUT2D eigenvalue weighted by Gasteiger charge is 2.19. The molecule has 1 rings (SSSR count). The topological polar surface area (TPSA) is 0 Å². The average molecular weight is 219 g/mol. The summed E-state index contributed by atoms with van der Waals surface area (Å²) in [4.78, 5) is 0. The molecule has 0 saturated heterocycles. The summed E-state index contributed by atoms with van der Waals surface area (Å²) in [7, 11) is 0. The summed E-state index contributed by atoms with van der Waals surface area (Å²) in [6.07, 6.45) is 0. The Morgan fingerprint density at radius 2 is 1.71 bits per heavy atom. The van der Waals surface area contributed by atoms with Gasteiger partial charge in [0.2, 0.25) is 0 Å². The average Bonchev–Trinajstić information content (AvgIpc) is 2.13. The number of hydrogen-bond acceptors (Lipinski definition) is 0. The highest BCUT2D eigenvalue weighted by atomic mass is 35.5. The first-order valence-electron chi connectivity index (χ1n) is 4.53. The van der Waals surface area contributed by atoms with Crippen LogP contribution < -0.4 is 0 Å². The molecule has 0 aliphatic heterocycles. The van der Waals surface area contributed by atoms with Crippen LogP contribution in [-0.2, 0) is 0 Å². The number of aryl methyl sites for hydroxylation is 1. The molecule has 14 heavy (non-hydrogen) atoms. The molecule has 0 bridgehead atoms. The van der Waals surface area contributed by atoms with Crippen molar-refractivity contribution in [1.82, 2.24) is 0 Å². The van der Waals surface area contributed by atoms with Gasteiger partial charge in [-0.2, -0.15) is 0 Å². The van der Waals surface area contributed by atoms with Crippen molar-refractivity contribution in [3.63, 3.8) is 0 Å². The zero-order valence-electron chi connectivity index (χ0n) is 8.44. The molecule has 1 aromatic carbocycles. The van der Waals surface area contributed by atoms with Gasteiger partial charge in [0.1, 0.15) is 0 Å². The Bertz CT molecular complexity index is 334. The summed E-state index contributed by atoms with van der Waals surface area (Å²) < 4.78 is 26.6. The molecule has 2 atom stereocenters. The van der Waals surface area contributed by atoms with E-state index in [-0.39, 0.29) is 11.3 Å². The van der Waals surface area contributed by atoms with Crippen LogP contribution in [0.4, 0.5) is 8.78 Å². The van der Waals surface area contributed by atoms with Gasteiger partial charge in [-0.1, -0.05) is 19.1 Å². The third-order valence-electron chi connectivity index (χ3n) is 2.48. The minimum absolute atomic E-state index is 0.188. The maximum Gasteiger partial charge on any atom is 0.162 e. The molecule has 0 saturated carbocycles. The van der Waals surface area contributed by atoms with E-state index in [0.29, 0.717) is 11.1 Å². The van der Waals surface area contributed by atoms with Gasteiger partial charge in [0.15, 0.2) is 11.6 Å². The molecular formula is C11H13ClF2. The van der Waals surface area contributed by atoms with Crippen molar-refractivity contribution in [2.45, 2.75) is 32.1 Å². The quantitative estimate of drug-likeness (QED) is 0.658. The molecule has 0 spiro atoms. The Kier molecular flexibility index (Phi) is 3.48. The van der Waals surface area contributed by atoms with E-state index < -0.39 is 11.6 Å². The molecule has 0 aliphatic rings. The lowest BCUT2D eigenvalue weighted by Crippen LogP contribution is -2.09. The van der Waals surface area contributed by atoms with Crippen LogP contribution in [0.3, 0.4) is 0 Å². The van der Waals surface area contributed by atoms with E-state index in [1.807, 2.05) is 0 Å². The minimum Gasteiger partial charge on any atom is -0.203 e. The van der Waals surface area contributed by atoms with Crippen molar-refractivity contribution in [3.8, 4) is 0 Å². The van der Waals surface area contributed by atoms with Gasteiger partial charge >= 0.3 is 0 Å². The van der Waals surface area contributed by atoms with Gasteiger partial charge < -0.3 is 0 Å². The zero-order chi connectivity index (χ0) is 10.9. The van der Waals surface area contributed by atoms with Gasteiger partial charge in [0.25, 0.3) is 0 Å². The lowest BCUT2D eigenvalue weighted by Gasteiger charge is -2.15. The van der Waals surface area contributed by atoms with E-state index in [4.69, 9.17) is 11.6 Å². The SMILES string of the molecule is Cc1ccc(C(C)C(C)Cl)c(F)c1F. The Morgan fingerprint density at radius 3 is 2.21 bits per heavy atom. The van der Waals surface area contributed by atoms with E-state index in [1.165, 1.54) is 6.92 Å². The van der Waals surface area contributed by atoms with Crippen molar-refractivity contribution < 1.29 is 8.78 Å². The number of halogens is 3. The fourth-order valence-electron chi connectivity index (χ4n) is 1.26. The first-order valence-corrected chi connectivity index (χ1v) is 4.97. The van der Waals surface area contributed by atoms with Crippen LogP contribution in [-0.4, -0.2) is 5.38 Å². The summed E-state index contributed by atoms with van der Waals surface area (Å²) in [5.74, 6) is -1.73. The van der Waals surface area contributed by atoms with Crippen molar-refractivity contribution in [2.75, 3.05) is 0 Å².